The molecule has 0 atom stereocenters. The largest absolute Gasteiger partial charge is 0.322 e. The van der Waals surface area contributed by atoms with Gasteiger partial charge in [0, 0.05) is 17.1 Å². The fourth-order valence-electron chi connectivity index (χ4n) is 3.48. The van der Waals surface area contributed by atoms with E-state index in [0.717, 1.165) is 35.2 Å². The zero-order valence-electron chi connectivity index (χ0n) is 15.8. The van der Waals surface area contributed by atoms with Crippen molar-refractivity contribution in [2.75, 3.05) is 5.32 Å². The minimum Gasteiger partial charge on any atom is -0.322 e. The molecule has 0 saturated carbocycles. The Bertz CT molecular complexity index is 1030. The summed E-state index contributed by atoms with van der Waals surface area (Å²) in [7, 11) is 0. The summed E-state index contributed by atoms with van der Waals surface area (Å²) in [4.78, 5) is 12.7. The molecule has 1 aliphatic carbocycles. The van der Waals surface area contributed by atoms with Crippen LogP contribution in [0.5, 0.6) is 0 Å². The molecular weight excluding hydrogens is 366 g/mol. The van der Waals surface area contributed by atoms with Gasteiger partial charge in [0.1, 0.15) is 0 Å². The molecule has 2 nitrogen and oxygen atoms in total. The summed E-state index contributed by atoms with van der Waals surface area (Å²) < 4.78 is 0. The fraction of sp³-hybridized carbons (Fsp3) is 0.160. The fourth-order valence-corrected chi connectivity index (χ4v) is 3.66. The van der Waals surface area contributed by atoms with Gasteiger partial charge >= 0.3 is 0 Å². The molecule has 0 fully saturated rings. The zero-order chi connectivity index (χ0) is 19.5. The van der Waals surface area contributed by atoms with Crippen LogP contribution in [-0.2, 0) is 17.1 Å². The third-order valence-corrected chi connectivity index (χ3v) is 5.49. The number of hydrogen-bond donors (Lipinski definition) is 1. The molecule has 0 heterocycles. The molecular formula is C25H22ClNO. The molecule has 140 valence electrons. The van der Waals surface area contributed by atoms with Crippen LogP contribution >= 0.6 is 11.6 Å². The molecule has 0 aliphatic heterocycles. The van der Waals surface area contributed by atoms with Crippen LogP contribution in [0.2, 0.25) is 0 Å². The van der Waals surface area contributed by atoms with Crippen LogP contribution in [0.4, 0.5) is 5.69 Å². The lowest BCUT2D eigenvalue weighted by atomic mass is 9.89. The lowest BCUT2D eigenvalue weighted by molar-refractivity contribution is -0.112. The minimum atomic E-state index is -0.0370. The predicted molar refractivity (Wildman–Crippen MR) is 118 cm³/mol. The van der Waals surface area contributed by atoms with E-state index in [1.54, 1.807) is 0 Å². The summed E-state index contributed by atoms with van der Waals surface area (Å²) in [5.41, 5.74) is 8.68. The second-order valence-corrected chi connectivity index (χ2v) is 7.50. The Labute approximate surface area is 170 Å². The average molecular weight is 388 g/mol. The molecule has 0 unspecified atom stereocenters. The number of rotatable bonds is 4. The van der Waals surface area contributed by atoms with E-state index < -0.39 is 0 Å². The number of nitrogens with one attached hydrogen (secondary N) is 1. The molecule has 1 amide bonds. The van der Waals surface area contributed by atoms with Gasteiger partial charge in [-0.05, 0) is 71.9 Å². The molecule has 3 aromatic carbocycles. The number of fused-ring (bicyclic) bond motifs is 1. The van der Waals surface area contributed by atoms with E-state index in [-0.39, 0.29) is 5.91 Å². The van der Waals surface area contributed by atoms with Gasteiger partial charge in [-0.25, -0.2) is 0 Å². The molecule has 0 saturated heterocycles. The number of anilines is 1. The Morgan fingerprint density at radius 3 is 2.36 bits per heavy atom. The summed E-state index contributed by atoms with van der Waals surface area (Å²) in [5, 5.41) is 3.00. The van der Waals surface area contributed by atoms with Crippen molar-refractivity contribution < 1.29 is 4.79 Å². The van der Waals surface area contributed by atoms with Crippen molar-refractivity contribution in [2.45, 2.75) is 25.6 Å². The highest BCUT2D eigenvalue weighted by Crippen LogP contribution is 2.29. The molecule has 0 radical (unpaired) electrons. The van der Waals surface area contributed by atoms with Crippen molar-refractivity contribution in [3.63, 3.8) is 0 Å². The Balaban J connectivity index is 1.56. The van der Waals surface area contributed by atoms with E-state index in [9.17, 15) is 4.79 Å². The first kappa shape index (κ1) is 18.5. The highest BCUT2D eigenvalue weighted by atomic mass is 35.5. The highest BCUT2D eigenvalue weighted by molar-refractivity contribution is 6.17. The summed E-state index contributed by atoms with van der Waals surface area (Å²) in [6.45, 7) is 2.09. The molecule has 1 aliphatic rings. The second kappa shape index (κ2) is 8.04. The van der Waals surface area contributed by atoms with Gasteiger partial charge in [-0.15, -0.1) is 11.6 Å². The molecule has 0 spiro atoms. The van der Waals surface area contributed by atoms with Crippen molar-refractivity contribution in [2.24, 2.45) is 0 Å². The number of hydrogen-bond acceptors (Lipinski definition) is 1. The summed E-state index contributed by atoms with van der Waals surface area (Å²) >= 11 is 5.82. The maximum atomic E-state index is 12.7. The van der Waals surface area contributed by atoms with Gasteiger partial charge < -0.3 is 5.32 Å². The summed E-state index contributed by atoms with van der Waals surface area (Å²) in [5.74, 6) is 0.435. The van der Waals surface area contributed by atoms with Crippen LogP contribution in [0.3, 0.4) is 0 Å². The molecule has 4 rings (SSSR count). The molecule has 3 aromatic rings. The summed E-state index contributed by atoms with van der Waals surface area (Å²) in [6.07, 6.45) is 3.66. The first-order valence-electron chi connectivity index (χ1n) is 9.49. The Hall–Kier alpha value is -2.84. The van der Waals surface area contributed by atoms with Gasteiger partial charge in [-0.3, -0.25) is 4.79 Å². The van der Waals surface area contributed by atoms with Crippen LogP contribution in [0.1, 0.15) is 28.7 Å². The third-order valence-electron chi connectivity index (χ3n) is 5.18. The van der Waals surface area contributed by atoms with Crippen molar-refractivity contribution in [3.8, 4) is 11.1 Å². The van der Waals surface area contributed by atoms with E-state index in [0.29, 0.717) is 5.88 Å². The number of halogens is 1. The SMILES string of the molecule is Cc1ccc(-c2ccc3c(c2)C=C(C(=O)Nc2ccc(CCl)cc2)CC3)cc1. The molecule has 1 N–H and O–H groups in total. The maximum Gasteiger partial charge on any atom is 0.251 e. The van der Waals surface area contributed by atoms with E-state index in [1.165, 1.54) is 22.3 Å². The number of aryl methyl sites for hydroxylation is 2. The second-order valence-electron chi connectivity index (χ2n) is 7.23. The molecule has 3 heteroatoms. The number of alkyl halides is 1. The Kier molecular flexibility index (Phi) is 5.31. The van der Waals surface area contributed by atoms with Crippen LogP contribution in [0, 0.1) is 6.92 Å². The average Bonchev–Trinajstić information content (AvgIpc) is 2.74. The predicted octanol–water partition coefficient (Wildman–Crippen LogP) is 6.37. The first-order valence-corrected chi connectivity index (χ1v) is 10.0. The normalized spacial score (nSPS) is 12.9. The Morgan fingerprint density at radius 1 is 0.929 bits per heavy atom. The smallest absolute Gasteiger partial charge is 0.251 e. The highest BCUT2D eigenvalue weighted by Gasteiger charge is 2.17. The van der Waals surface area contributed by atoms with E-state index >= 15 is 0 Å². The van der Waals surface area contributed by atoms with Crippen LogP contribution < -0.4 is 5.32 Å². The van der Waals surface area contributed by atoms with Crippen molar-refractivity contribution >= 4 is 29.3 Å². The van der Waals surface area contributed by atoms with Gasteiger partial charge in [-0.2, -0.15) is 0 Å². The zero-order valence-corrected chi connectivity index (χ0v) is 16.6. The van der Waals surface area contributed by atoms with E-state index in [2.05, 4.69) is 54.7 Å². The number of carbonyl (C=O) groups excluding carboxylic acids is 1. The first-order chi connectivity index (χ1) is 13.6. The van der Waals surface area contributed by atoms with Gasteiger partial charge in [-0.1, -0.05) is 54.1 Å². The van der Waals surface area contributed by atoms with Gasteiger partial charge in [0.2, 0.25) is 0 Å². The third kappa shape index (κ3) is 4.02. The molecule has 0 aromatic heterocycles. The number of amides is 1. The number of benzene rings is 3. The standard InChI is InChI=1S/C25H22ClNO/c1-17-2-6-19(7-3-17)21-10-8-20-9-11-22(15-23(20)14-21)25(28)27-24-12-4-18(16-26)5-13-24/h2-8,10,12-15H,9,11,16H2,1H3,(H,27,28). The van der Waals surface area contributed by atoms with Crippen molar-refractivity contribution in [1.29, 1.82) is 0 Å². The van der Waals surface area contributed by atoms with Crippen LogP contribution in [0.25, 0.3) is 17.2 Å². The van der Waals surface area contributed by atoms with Crippen molar-refractivity contribution in [1.82, 2.24) is 0 Å². The monoisotopic (exact) mass is 387 g/mol. The molecule has 28 heavy (non-hydrogen) atoms. The van der Waals surface area contributed by atoms with Gasteiger partial charge in [0.05, 0.1) is 0 Å². The maximum absolute atomic E-state index is 12.7. The number of carbonyl (C=O) groups is 1. The lowest BCUT2D eigenvalue weighted by Gasteiger charge is -2.17. The quantitative estimate of drug-likeness (QED) is 0.518. The Morgan fingerprint density at radius 2 is 1.64 bits per heavy atom. The van der Waals surface area contributed by atoms with Gasteiger partial charge in [0.15, 0.2) is 0 Å². The van der Waals surface area contributed by atoms with Crippen molar-refractivity contribution in [3.05, 3.63) is 94.6 Å². The lowest BCUT2D eigenvalue weighted by Crippen LogP contribution is -2.17. The molecule has 0 bridgehead atoms. The van der Waals surface area contributed by atoms with E-state index in [1.807, 2.05) is 30.3 Å². The summed E-state index contributed by atoms with van der Waals surface area (Å²) in [6, 6.07) is 22.7. The van der Waals surface area contributed by atoms with Gasteiger partial charge in [0.25, 0.3) is 5.91 Å². The topological polar surface area (TPSA) is 29.1 Å². The minimum absolute atomic E-state index is 0.0370. The van der Waals surface area contributed by atoms with Crippen LogP contribution in [-0.4, -0.2) is 5.91 Å². The van der Waals surface area contributed by atoms with E-state index in [4.69, 9.17) is 11.6 Å². The van der Waals surface area contributed by atoms with Crippen LogP contribution in [0.15, 0.2) is 72.3 Å².